The second-order valence-corrected chi connectivity index (χ2v) is 4.02. The van der Waals surface area contributed by atoms with Crippen molar-refractivity contribution in [2.45, 2.75) is 26.9 Å². The largest absolute Gasteiger partial charge is 0.481 e. The average molecular weight is 247 g/mol. The predicted molar refractivity (Wildman–Crippen MR) is 67.3 cm³/mol. The van der Waals surface area contributed by atoms with Crippen LogP contribution in [0.15, 0.2) is 22.6 Å². The summed E-state index contributed by atoms with van der Waals surface area (Å²) in [5, 5.41) is 3.24. The van der Waals surface area contributed by atoms with E-state index < -0.39 is 0 Å². The summed E-state index contributed by atoms with van der Waals surface area (Å²) in [5.41, 5.74) is 1.86. The lowest BCUT2D eigenvalue weighted by Gasteiger charge is -2.03. The maximum absolute atomic E-state index is 5.48. The van der Waals surface area contributed by atoms with Crippen LogP contribution < -0.4 is 10.1 Å². The zero-order valence-electron chi connectivity index (χ0n) is 10.9. The molecule has 96 valence electrons. The number of rotatable bonds is 5. The van der Waals surface area contributed by atoms with Crippen molar-refractivity contribution in [3.63, 3.8) is 0 Å². The zero-order chi connectivity index (χ0) is 13.0. The van der Waals surface area contributed by atoms with Crippen LogP contribution in [0, 0.1) is 13.8 Å². The van der Waals surface area contributed by atoms with Gasteiger partial charge in [-0.1, -0.05) is 6.07 Å². The fraction of sp³-hybridized carbons (Fsp3) is 0.385. The molecule has 0 saturated carbocycles. The topological polar surface area (TPSA) is 60.2 Å². The smallest absolute Gasteiger partial charge is 0.213 e. The molecule has 0 aliphatic carbocycles. The van der Waals surface area contributed by atoms with E-state index in [1.807, 2.05) is 32.0 Å². The Morgan fingerprint density at radius 2 is 2.06 bits per heavy atom. The molecule has 0 bridgehead atoms. The highest BCUT2D eigenvalue weighted by Crippen LogP contribution is 2.09. The van der Waals surface area contributed by atoms with Gasteiger partial charge >= 0.3 is 0 Å². The van der Waals surface area contributed by atoms with Crippen molar-refractivity contribution < 1.29 is 9.15 Å². The minimum atomic E-state index is 0.591. The van der Waals surface area contributed by atoms with Gasteiger partial charge in [0.15, 0.2) is 0 Å². The molecule has 5 nitrogen and oxygen atoms in total. The van der Waals surface area contributed by atoms with Gasteiger partial charge in [0.1, 0.15) is 5.76 Å². The Balaban J connectivity index is 1.88. The summed E-state index contributed by atoms with van der Waals surface area (Å²) in [5.74, 6) is 2.19. The van der Waals surface area contributed by atoms with Crippen LogP contribution in [0.5, 0.6) is 5.88 Å². The molecule has 0 radical (unpaired) electrons. The molecule has 1 N–H and O–H groups in total. The minimum absolute atomic E-state index is 0.591. The highest BCUT2D eigenvalue weighted by molar-refractivity contribution is 5.15. The molecule has 0 amide bonds. The summed E-state index contributed by atoms with van der Waals surface area (Å²) in [6.07, 6.45) is 0. The fourth-order valence-electron chi connectivity index (χ4n) is 1.58. The summed E-state index contributed by atoms with van der Waals surface area (Å²) in [6, 6.07) is 5.69. The molecule has 0 fully saturated rings. The number of oxazole rings is 1. The lowest BCUT2D eigenvalue weighted by atomic mass is 10.3. The van der Waals surface area contributed by atoms with Crippen molar-refractivity contribution >= 4 is 0 Å². The first kappa shape index (κ1) is 12.6. The minimum Gasteiger partial charge on any atom is -0.481 e. The third kappa shape index (κ3) is 3.07. The molecule has 0 aliphatic heterocycles. The zero-order valence-corrected chi connectivity index (χ0v) is 10.9. The Bertz CT molecular complexity index is 503. The SMILES string of the molecule is COc1cccc(CNCc2nc(C)c(C)o2)n1. The number of pyridine rings is 1. The van der Waals surface area contributed by atoms with Gasteiger partial charge in [-0.15, -0.1) is 0 Å². The first-order valence-corrected chi connectivity index (χ1v) is 5.82. The molecule has 0 aromatic carbocycles. The van der Waals surface area contributed by atoms with E-state index in [9.17, 15) is 0 Å². The molecular weight excluding hydrogens is 230 g/mol. The van der Waals surface area contributed by atoms with Crippen LogP contribution >= 0.6 is 0 Å². The number of hydrogen-bond acceptors (Lipinski definition) is 5. The van der Waals surface area contributed by atoms with E-state index in [4.69, 9.17) is 9.15 Å². The molecule has 0 atom stereocenters. The summed E-state index contributed by atoms with van der Waals surface area (Å²) < 4.78 is 10.5. The normalized spacial score (nSPS) is 10.6. The number of ether oxygens (including phenoxy) is 1. The predicted octanol–water partition coefficient (Wildman–Crippen LogP) is 1.98. The van der Waals surface area contributed by atoms with Crippen LogP contribution in [0.1, 0.15) is 23.0 Å². The molecule has 0 aliphatic rings. The second-order valence-electron chi connectivity index (χ2n) is 4.02. The van der Waals surface area contributed by atoms with Crippen molar-refractivity contribution in [3.05, 3.63) is 41.2 Å². The van der Waals surface area contributed by atoms with E-state index in [2.05, 4.69) is 15.3 Å². The van der Waals surface area contributed by atoms with Gasteiger partial charge in [-0.25, -0.2) is 9.97 Å². The summed E-state index contributed by atoms with van der Waals surface area (Å²) in [4.78, 5) is 8.61. The van der Waals surface area contributed by atoms with E-state index in [-0.39, 0.29) is 0 Å². The molecular formula is C13H17N3O2. The summed E-state index contributed by atoms with van der Waals surface area (Å²) in [7, 11) is 1.61. The lowest BCUT2D eigenvalue weighted by molar-refractivity contribution is 0.395. The Hall–Kier alpha value is -1.88. The number of hydrogen-bond donors (Lipinski definition) is 1. The third-order valence-electron chi connectivity index (χ3n) is 2.65. The molecule has 18 heavy (non-hydrogen) atoms. The van der Waals surface area contributed by atoms with Crippen molar-refractivity contribution in [1.82, 2.24) is 15.3 Å². The van der Waals surface area contributed by atoms with Gasteiger partial charge in [0, 0.05) is 12.6 Å². The summed E-state index contributed by atoms with van der Waals surface area (Å²) in [6.45, 7) is 5.09. The number of aryl methyl sites for hydroxylation is 2. The van der Waals surface area contributed by atoms with E-state index in [0.717, 1.165) is 17.1 Å². The van der Waals surface area contributed by atoms with E-state index in [1.165, 1.54) is 0 Å². The number of aromatic nitrogens is 2. The number of nitrogens with zero attached hydrogens (tertiary/aromatic N) is 2. The van der Waals surface area contributed by atoms with Gasteiger partial charge in [0.05, 0.1) is 25.0 Å². The number of methoxy groups -OCH3 is 1. The molecule has 0 spiro atoms. The Kier molecular flexibility index (Phi) is 3.94. The van der Waals surface area contributed by atoms with Crippen molar-refractivity contribution in [2.75, 3.05) is 7.11 Å². The maximum Gasteiger partial charge on any atom is 0.213 e. The van der Waals surface area contributed by atoms with Gasteiger partial charge < -0.3 is 14.5 Å². The molecule has 2 aromatic heterocycles. The van der Waals surface area contributed by atoms with Crippen LogP contribution in [0.4, 0.5) is 0 Å². The third-order valence-corrected chi connectivity index (χ3v) is 2.65. The van der Waals surface area contributed by atoms with E-state index in [0.29, 0.717) is 24.9 Å². The van der Waals surface area contributed by atoms with Crippen molar-refractivity contribution in [1.29, 1.82) is 0 Å². The second kappa shape index (κ2) is 5.64. The fourth-order valence-corrected chi connectivity index (χ4v) is 1.58. The molecule has 2 aromatic rings. The van der Waals surface area contributed by atoms with Crippen LogP contribution in [-0.2, 0) is 13.1 Å². The highest BCUT2D eigenvalue weighted by Gasteiger charge is 2.05. The van der Waals surface area contributed by atoms with Gasteiger partial charge in [0.25, 0.3) is 0 Å². The first-order chi connectivity index (χ1) is 8.69. The maximum atomic E-state index is 5.48. The van der Waals surface area contributed by atoms with Crippen molar-refractivity contribution in [3.8, 4) is 5.88 Å². The number of nitrogens with one attached hydrogen (secondary N) is 1. The average Bonchev–Trinajstić information content (AvgIpc) is 2.69. The van der Waals surface area contributed by atoms with Crippen LogP contribution in [0.25, 0.3) is 0 Å². The molecule has 2 rings (SSSR count). The lowest BCUT2D eigenvalue weighted by Crippen LogP contribution is -2.14. The monoisotopic (exact) mass is 247 g/mol. The Morgan fingerprint density at radius 3 is 2.72 bits per heavy atom. The van der Waals surface area contributed by atoms with Gasteiger partial charge in [-0.05, 0) is 19.9 Å². The Morgan fingerprint density at radius 1 is 1.22 bits per heavy atom. The van der Waals surface area contributed by atoms with E-state index in [1.54, 1.807) is 7.11 Å². The standard InChI is InChI=1S/C13H17N3O2/c1-9-10(2)18-13(15-9)8-14-7-11-5-4-6-12(16-11)17-3/h4-6,14H,7-8H2,1-3H3. The van der Waals surface area contributed by atoms with Gasteiger partial charge in [-0.3, -0.25) is 0 Å². The molecule has 2 heterocycles. The first-order valence-electron chi connectivity index (χ1n) is 5.82. The quantitative estimate of drug-likeness (QED) is 0.875. The summed E-state index contributed by atoms with van der Waals surface area (Å²) >= 11 is 0. The van der Waals surface area contributed by atoms with Crippen LogP contribution in [-0.4, -0.2) is 17.1 Å². The van der Waals surface area contributed by atoms with Crippen LogP contribution in [0.3, 0.4) is 0 Å². The Labute approximate surface area is 106 Å². The van der Waals surface area contributed by atoms with E-state index >= 15 is 0 Å². The molecule has 5 heteroatoms. The van der Waals surface area contributed by atoms with Crippen LogP contribution in [0.2, 0.25) is 0 Å². The van der Waals surface area contributed by atoms with Crippen molar-refractivity contribution in [2.24, 2.45) is 0 Å². The highest BCUT2D eigenvalue weighted by atomic mass is 16.5. The molecule has 0 unspecified atom stereocenters. The molecule has 0 saturated heterocycles. The van der Waals surface area contributed by atoms with Gasteiger partial charge in [-0.2, -0.15) is 0 Å². The van der Waals surface area contributed by atoms with Gasteiger partial charge in [0.2, 0.25) is 11.8 Å².